The number of benzene rings is 2. The lowest BCUT2D eigenvalue weighted by molar-refractivity contribution is -0.127. The molecule has 0 spiro atoms. The van der Waals surface area contributed by atoms with Crippen LogP contribution in [0.4, 0.5) is 0 Å². The molecule has 0 saturated carbocycles. The van der Waals surface area contributed by atoms with Crippen LogP contribution in [0.15, 0.2) is 54.6 Å². The van der Waals surface area contributed by atoms with Gasteiger partial charge in [-0.1, -0.05) is 42.5 Å². The molecule has 0 aliphatic carbocycles. The lowest BCUT2D eigenvalue weighted by Crippen LogP contribution is -2.42. The number of rotatable bonds is 6. The first-order chi connectivity index (χ1) is 11.7. The van der Waals surface area contributed by atoms with E-state index in [-0.39, 0.29) is 18.3 Å². The van der Waals surface area contributed by atoms with E-state index in [2.05, 4.69) is 22.8 Å². The molecule has 2 atom stereocenters. The van der Waals surface area contributed by atoms with Crippen LogP contribution in [0.5, 0.6) is 5.75 Å². The second kappa shape index (κ2) is 9.44. The number of nitrogens with one attached hydrogen (secondary N) is 2. The van der Waals surface area contributed by atoms with E-state index in [4.69, 9.17) is 4.74 Å². The molecule has 2 N–H and O–H groups in total. The predicted octanol–water partition coefficient (Wildman–Crippen LogP) is 3.41. The summed E-state index contributed by atoms with van der Waals surface area (Å²) < 4.78 is 5.75. The minimum absolute atomic E-state index is 0. The van der Waals surface area contributed by atoms with Crippen LogP contribution < -0.4 is 15.4 Å². The fourth-order valence-corrected chi connectivity index (χ4v) is 2.91. The Bertz CT molecular complexity index is 655. The molecule has 0 radical (unpaired) electrons. The van der Waals surface area contributed by atoms with E-state index in [9.17, 15) is 4.79 Å². The fourth-order valence-electron chi connectivity index (χ4n) is 2.91. The van der Waals surface area contributed by atoms with Crippen molar-refractivity contribution in [2.75, 3.05) is 13.1 Å². The van der Waals surface area contributed by atoms with Gasteiger partial charge in [0, 0.05) is 12.6 Å². The van der Waals surface area contributed by atoms with Crippen molar-refractivity contribution >= 4 is 18.3 Å². The summed E-state index contributed by atoms with van der Waals surface area (Å²) in [5.41, 5.74) is 2.30. The molecule has 134 valence electrons. The van der Waals surface area contributed by atoms with Crippen LogP contribution >= 0.6 is 12.4 Å². The highest BCUT2D eigenvalue weighted by molar-refractivity contribution is 5.85. The molecule has 5 heteroatoms. The van der Waals surface area contributed by atoms with E-state index >= 15 is 0 Å². The van der Waals surface area contributed by atoms with E-state index in [0.717, 1.165) is 18.5 Å². The van der Waals surface area contributed by atoms with Gasteiger partial charge in [-0.2, -0.15) is 0 Å². The Kier molecular flexibility index (Phi) is 7.29. The number of carbonyl (C=O) groups excluding carboxylic acids is 1. The Hall–Kier alpha value is -2.04. The number of ether oxygens (including phenoxy) is 1. The lowest BCUT2D eigenvalue weighted by atomic mass is 10.1. The highest BCUT2D eigenvalue weighted by Crippen LogP contribution is 2.22. The second-order valence-electron chi connectivity index (χ2n) is 6.19. The van der Waals surface area contributed by atoms with Crippen LogP contribution in [-0.2, 0) is 4.79 Å². The number of hydrogen-bond acceptors (Lipinski definition) is 3. The van der Waals surface area contributed by atoms with E-state index < -0.39 is 6.10 Å². The van der Waals surface area contributed by atoms with Gasteiger partial charge < -0.3 is 15.4 Å². The zero-order chi connectivity index (χ0) is 16.8. The molecule has 2 aromatic carbocycles. The first kappa shape index (κ1) is 19.3. The molecule has 2 unspecified atom stereocenters. The molecule has 1 aliphatic heterocycles. The van der Waals surface area contributed by atoms with Crippen LogP contribution in [0.25, 0.3) is 11.1 Å². The smallest absolute Gasteiger partial charge is 0.260 e. The highest BCUT2D eigenvalue weighted by atomic mass is 35.5. The zero-order valence-corrected chi connectivity index (χ0v) is 15.2. The monoisotopic (exact) mass is 360 g/mol. The summed E-state index contributed by atoms with van der Waals surface area (Å²) in [4.78, 5) is 12.1. The van der Waals surface area contributed by atoms with Gasteiger partial charge in [0.05, 0.1) is 0 Å². The molecule has 1 saturated heterocycles. The number of amides is 1. The Balaban J connectivity index is 0.00000225. The first-order valence-corrected chi connectivity index (χ1v) is 8.55. The fraction of sp³-hybridized carbons (Fsp3) is 0.350. The van der Waals surface area contributed by atoms with Gasteiger partial charge in [-0.05, 0) is 49.6 Å². The third-order valence-corrected chi connectivity index (χ3v) is 4.33. The largest absolute Gasteiger partial charge is 0.481 e. The van der Waals surface area contributed by atoms with Crippen LogP contribution in [-0.4, -0.2) is 31.1 Å². The van der Waals surface area contributed by atoms with Gasteiger partial charge in [-0.3, -0.25) is 4.79 Å². The van der Waals surface area contributed by atoms with Gasteiger partial charge in [0.15, 0.2) is 6.10 Å². The molecule has 0 bridgehead atoms. The van der Waals surface area contributed by atoms with Crippen LogP contribution in [0, 0.1) is 0 Å². The summed E-state index contributed by atoms with van der Waals surface area (Å²) in [5, 5.41) is 6.32. The standard InChI is InChI=1S/C20H24N2O2.ClH/c1-15(20(23)22-14-18-8-5-13-21-18)24-19-11-9-17(10-12-19)16-6-3-2-4-7-16;/h2-4,6-7,9-12,15,18,21H,5,8,13-14H2,1H3,(H,22,23);1H. The van der Waals surface area contributed by atoms with Gasteiger partial charge in [0.25, 0.3) is 5.91 Å². The van der Waals surface area contributed by atoms with Gasteiger partial charge >= 0.3 is 0 Å². The SMILES string of the molecule is CC(Oc1ccc(-c2ccccc2)cc1)C(=O)NCC1CCCN1.Cl. The van der Waals surface area contributed by atoms with Crippen molar-refractivity contribution in [1.29, 1.82) is 0 Å². The zero-order valence-electron chi connectivity index (χ0n) is 14.4. The molecule has 4 nitrogen and oxygen atoms in total. The van der Waals surface area contributed by atoms with Gasteiger partial charge in [0.2, 0.25) is 0 Å². The van der Waals surface area contributed by atoms with E-state index in [1.165, 1.54) is 12.0 Å². The first-order valence-electron chi connectivity index (χ1n) is 8.55. The Morgan fingerprint density at radius 1 is 1.16 bits per heavy atom. The van der Waals surface area contributed by atoms with E-state index in [1.54, 1.807) is 6.92 Å². The molecule has 3 rings (SSSR count). The summed E-state index contributed by atoms with van der Waals surface area (Å²) in [7, 11) is 0. The predicted molar refractivity (Wildman–Crippen MR) is 103 cm³/mol. The maximum Gasteiger partial charge on any atom is 0.260 e. The van der Waals surface area contributed by atoms with Crippen molar-refractivity contribution in [2.24, 2.45) is 0 Å². The van der Waals surface area contributed by atoms with Crippen LogP contribution in [0.2, 0.25) is 0 Å². The quantitative estimate of drug-likeness (QED) is 0.830. The van der Waals surface area contributed by atoms with Gasteiger partial charge in [-0.15, -0.1) is 12.4 Å². The van der Waals surface area contributed by atoms with Crippen molar-refractivity contribution in [1.82, 2.24) is 10.6 Å². The molecular formula is C20H25ClN2O2. The number of hydrogen-bond donors (Lipinski definition) is 2. The minimum atomic E-state index is -0.506. The van der Waals surface area contributed by atoms with Crippen molar-refractivity contribution in [3.63, 3.8) is 0 Å². The Labute approximate surface area is 155 Å². The Morgan fingerprint density at radius 2 is 1.84 bits per heavy atom. The molecule has 25 heavy (non-hydrogen) atoms. The van der Waals surface area contributed by atoms with E-state index in [0.29, 0.717) is 18.3 Å². The normalized spacial score (nSPS) is 17.4. The summed E-state index contributed by atoms with van der Waals surface area (Å²) in [6.45, 7) is 3.49. The number of carbonyl (C=O) groups is 1. The highest BCUT2D eigenvalue weighted by Gasteiger charge is 2.18. The molecule has 1 amide bonds. The summed E-state index contributed by atoms with van der Waals surface area (Å²) >= 11 is 0. The number of halogens is 1. The van der Waals surface area contributed by atoms with Crippen LogP contribution in [0.1, 0.15) is 19.8 Å². The van der Waals surface area contributed by atoms with Gasteiger partial charge in [0.1, 0.15) is 5.75 Å². The van der Waals surface area contributed by atoms with Crippen molar-refractivity contribution in [3.05, 3.63) is 54.6 Å². The van der Waals surface area contributed by atoms with Crippen LogP contribution in [0.3, 0.4) is 0 Å². The Morgan fingerprint density at radius 3 is 2.48 bits per heavy atom. The molecule has 1 fully saturated rings. The van der Waals surface area contributed by atoms with Crippen molar-refractivity contribution < 1.29 is 9.53 Å². The van der Waals surface area contributed by atoms with Crippen molar-refractivity contribution in [3.8, 4) is 16.9 Å². The third kappa shape index (κ3) is 5.48. The maximum atomic E-state index is 12.1. The lowest BCUT2D eigenvalue weighted by Gasteiger charge is -2.17. The molecule has 0 aromatic heterocycles. The molecular weight excluding hydrogens is 336 g/mol. The average molecular weight is 361 g/mol. The van der Waals surface area contributed by atoms with E-state index in [1.807, 2.05) is 42.5 Å². The topological polar surface area (TPSA) is 50.4 Å². The summed E-state index contributed by atoms with van der Waals surface area (Å²) in [5.74, 6) is 0.632. The maximum absolute atomic E-state index is 12.1. The van der Waals surface area contributed by atoms with Crippen molar-refractivity contribution in [2.45, 2.75) is 31.9 Å². The second-order valence-corrected chi connectivity index (χ2v) is 6.19. The average Bonchev–Trinajstić information content (AvgIpc) is 3.14. The molecule has 2 aromatic rings. The summed E-state index contributed by atoms with van der Waals surface area (Å²) in [6, 6.07) is 18.4. The van der Waals surface area contributed by atoms with Gasteiger partial charge in [-0.25, -0.2) is 0 Å². The molecule has 1 heterocycles. The summed E-state index contributed by atoms with van der Waals surface area (Å²) in [6.07, 6.45) is 1.80. The molecule has 1 aliphatic rings. The third-order valence-electron chi connectivity index (χ3n) is 4.33. The minimum Gasteiger partial charge on any atom is -0.481 e.